The first-order valence-corrected chi connectivity index (χ1v) is 16.3. The quantitative estimate of drug-likeness (QED) is 0.264. The van der Waals surface area contributed by atoms with Crippen molar-refractivity contribution in [2.24, 2.45) is 5.92 Å². The summed E-state index contributed by atoms with van der Waals surface area (Å²) in [5.41, 5.74) is 3.60. The maximum absolute atomic E-state index is 13.7. The van der Waals surface area contributed by atoms with Crippen LogP contribution in [0.5, 0.6) is 5.75 Å². The highest BCUT2D eigenvalue weighted by atomic mass is 35.5. The highest BCUT2D eigenvalue weighted by Crippen LogP contribution is 2.27. The van der Waals surface area contributed by atoms with E-state index in [2.05, 4.69) is 80.4 Å². The Morgan fingerprint density at radius 1 is 0.909 bits per heavy atom. The first-order chi connectivity index (χ1) is 20.8. The molecule has 4 rings (SSSR count). The fourth-order valence-corrected chi connectivity index (χ4v) is 6.05. The number of hydrogen-bond donors (Lipinski definition) is 1. The molecule has 7 nitrogen and oxygen atoms in total. The van der Waals surface area contributed by atoms with Gasteiger partial charge in [0.15, 0.2) is 0 Å². The van der Waals surface area contributed by atoms with Crippen molar-refractivity contribution in [3.8, 4) is 5.75 Å². The summed E-state index contributed by atoms with van der Waals surface area (Å²) in [5, 5.41) is 3.13. The van der Waals surface area contributed by atoms with Gasteiger partial charge in [0, 0.05) is 44.5 Å². The van der Waals surface area contributed by atoms with Crippen LogP contribution in [0.4, 0.5) is 10.5 Å². The number of benzene rings is 2. The van der Waals surface area contributed by atoms with Crippen molar-refractivity contribution >= 4 is 30.0 Å². The number of urea groups is 1. The third-order valence-electron chi connectivity index (χ3n) is 8.53. The predicted molar refractivity (Wildman–Crippen MR) is 183 cm³/mol. The van der Waals surface area contributed by atoms with E-state index in [1.807, 2.05) is 28.0 Å². The molecule has 2 aromatic carbocycles. The molecule has 2 heterocycles. The summed E-state index contributed by atoms with van der Waals surface area (Å²) in [6, 6.07) is 18.4. The molecule has 2 aliphatic rings. The Bertz CT molecular complexity index is 1170. The molecule has 3 amide bonds. The van der Waals surface area contributed by atoms with E-state index in [0.717, 1.165) is 62.3 Å². The second kappa shape index (κ2) is 17.9. The van der Waals surface area contributed by atoms with Crippen molar-refractivity contribution in [2.75, 3.05) is 37.6 Å². The molecule has 0 bridgehead atoms. The average molecular weight is 625 g/mol. The first-order valence-electron chi connectivity index (χ1n) is 16.3. The lowest BCUT2D eigenvalue weighted by Crippen LogP contribution is -2.55. The fourth-order valence-electron chi connectivity index (χ4n) is 6.05. The molecule has 0 radical (unpaired) electrons. The van der Waals surface area contributed by atoms with Gasteiger partial charge in [-0.1, -0.05) is 68.7 Å². The number of piperidine rings is 1. The summed E-state index contributed by atoms with van der Waals surface area (Å²) >= 11 is 0. The number of nitrogens with zero attached hydrogens (tertiary/aromatic N) is 3. The van der Waals surface area contributed by atoms with Crippen molar-refractivity contribution in [1.82, 2.24) is 15.1 Å². The van der Waals surface area contributed by atoms with Gasteiger partial charge >= 0.3 is 6.03 Å². The molecule has 2 aliphatic heterocycles. The number of anilines is 1. The van der Waals surface area contributed by atoms with E-state index in [9.17, 15) is 9.59 Å². The number of allylic oxidation sites excluding steroid dienone is 1. The van der Waals surface area contributed by atoms with Crippen LogP contribution in [0.25, 0.3) is 0 Å². The van der Waals surface area contributed by atoms with Gasteiger partial charge in [-0.15, -0.1) is 12.4 Å². The zero-order valence-corrected chi connectivity index (χ0v) is 28.0. The van der Waals surface area contributed by atoms with E-state index in [1.54, 1.807) is 0 Å². The molecule has 44 heavy (non-hydrogen) atoms. The maximum atomic E-state index is 13.7. The van der Waals surface area contributed by atoms with Crippen LogP contribution < -0.4 is 15.0 Å². The number of amides is 3. The summed E-state index contributed by atoms with van der Waals surface area (Å²) in [6.07, 6.45) is 9.13. The van der Waals surface area contributed by atoms with Crippen molar-refractivity contribution in [2.45, 2.75) is 91.3 Å². The Labute approximate surface area is 271 Å². The van der Waals surface area contributed by atoms with Crippen LogP contribution >= 0.6 is 12.4 Å². The first kappa shape index (κ1) is 35.3. The van der Waals surface area contributed by atoms with Gasteiger partial charge in [0.2, 0.25) is 5.91 Å². The minimum absolute atomic E-state index is 0. The minimum atomic E-state index is -0.475. The number of likely N-dealkylation sites (tertiary alicyclic amines) is 2. The van der Waals surface area contributed by atoms with E-state index in [1.165, 1.54) is 18.4 Å². The lowest BCUT2D eigenvalue weighted by atomic mass is 9.98. The third-order valence-corrected chi connectivity index (χ3v) is 8.53. The standard InChI is InChI=1S/C36H52N4O3.ClH/c1-28(2)18-25-40(31-14-16-33(17-15-31)43-27-30-12-8-7-9-13-30)32-19-23-38(24-20-32)35(41)34(26-29(3)4)37-36(42)39-21-10-5-6-11-22-39;/h7-9,12-18,29,32,34H,5-6,10-11,19-27H2,1-4H3,(H,37,42);1H/t34-;/m0./s1. The highest BCUT2D eigenvalue weighted by molar-refractivity contribution is 5.87. The Morgan fingerprint density at radius 2 is 1.55 bits per heavy atom. The molecule has 0 saturated carbocycles. The largest absolute Gasteiger partial charge is 0.489 e. The second-order valence-corrected chi connectivity index (χ2v) is 12.8. The molecule has 0 aromatic heterocycles. The summed E-state index contributed by atoms with van der Waals surface area (Å²) < 4.78 is 6.03. The van der Waals surface area contributed by atoms with E-state index in [-0.39, 0.29) is 24.3 Å². The highest BCUT2D eigenvalue weighted by Gasteiger charge is 2.32. The third kappa shape index (κ3) is 10.8. The normalized spacial score (nSPS) is 16.4. The molecule has 1 atom stereocenters. The fraction of sp³-hybridized carbons (Fsp3) is 0.556. The minimum Gasteiger partial charge on any atom is -0.489 e. The Hall–Kier alpha value is -3.19. The van der Waals surface area contributed by atoms with E-state index < -0.39 is 6.04 Å². The zero-order valence-electron chi connectivity index (χ0n) is 27.2. The molecule has 0 aliphatic carbocycles. The molecule has 1 N–H and O–H groups in total. The van der Waals surface area contributed by atoms with E-state index >= 15 is 0 Å². The van der Waals surface area contributed by atoms with Crippen molar-refractivity contribution < 1.29 is 14.3 Å². The van der Waals surface area contributed by atoms with Gasteiger partial charge in [-0.2, -0.15) is 0 Å². The van der Waals surface area contributed by atoms with Crippen molar-refractivity contribution in [3.05, 3.63) is 71.8 Å². The van der Waals surface area contributed by atoms with Crippen LogP contribution in [0.1, 0.15) is 78.2 Å². The van der Waals surface area contributed by atoms with Gasteiger partial charge in [0.25, 0.3) is 0 Å². The molecule has 2 saturated heterocycles. The second-order valence-electron chi connectivity index (χ2n) is 12.8. The number of ether oxygens (including phenoxy) is 1. The predicted octanol–water partition coefficient (Wildman–Crippen LogP) is 7.45. The lowest BCUT2D eigenvalue weighted by Gasteiger charge is -2.40. The zero-order chi connectivity index (χ0) is 30.6. The van der Waals surface area contributed by atoms with E-state index in [0.29, 0.717) is 38.1 Å². The van der Waals surface area contributed by atoms with Gasteiger partial charge in [-0.05, 0) is 81.7 Å². The van der Waals surface area contributed by atoms with Crippen LogP contribution in [0.3, 0.4) is 0 Å². The number of halogens is 1. The summed E-state index contributed by atoms with van der Waals surface area (Å²) in [6.45, 7) is 12.8. The van der Waals surface area contributed by atoms with Gasteiger partial charge in [-0.3, -0.25) is 4.79 Å². The molecule has 242 valence electrons. The molecular weight excluding hydrogens is 572 g/mol. The van der Waals surface area contributed by atoms with Crippen LogP contribution in [0, 0.1) is 5.92 Å². The van der Waals surface area contributed by atoms with Crippen LogP contribution in [0.15, 0.2) is 66.2 Å². The number of rotatable bonds is 11. The SMILES string of the molecule is CC(C)=CCN(c1ccc(OCc2ccccc2)cc1)C1CCN(C(=O)[C@H](CC(C)C)NC(=O)N2CCCCCC2)CC1.Cl. The molecule has 2 aromatic rings. The smallest absolute Gasteiger partial charge is 0.318 e. The number of hydrogen-bond acceptors (Lipinski definition) is 4. The number of carbonyl (C=O) groups excluding carboxylic acids is 2. The Morgan fingerprint density at radius 3 is 2.14 bits per heavy atom. The van der Waals surface area contributed by atoms with Crippen molar-refractivity contribution in [1.29, 1.82) is 0 Å². The van der Waals surface area contributed by atoms with Crippen LogP contribution in [0.2, 0.25) is 0 Å². The maximum Gasteiger partial charge on any atom is 0.318 e. The van der Waals surface area contributed by atoms with Gasteiger partial charge < -0.3 is 24.8 Å². The summed E-state index contributed by atoms with van der Waals surface area (Å²) in [7, 11) is 0. The number of nitrogens with one attached hydrogen (secondary N) is 1. The molecule has 8 heteroatoms. The monoisotopic (exact) mass is 624 g/mol. The topological polar surface area (TPSA) is 65.1 Å². The molecule has 2 fully saturated rings. The number of carbonyl (C=O) groups is 2. The molecular formula is C36H53ClN4O3. The molecule has 0 spiro atoms. The lowest BCUT2D eigenvalue weighted by molar-refractivity contribution is -0.134. The summed E-state index contributed by atoms with van der Waals surface area (Å²) in [5.74, 6) is 1.23. The summed E-state index contributed by atoms with van der Waals surface area (Å²) in [4.78, 5) is 33.2. The van der Waals surface area contributed by atoms with E-state index in [4.69, 9.17) is 4.74 Å². The molecule has 0 unspecified atom stereocenters. The average Bonchev–Trinajstić information content (AvgIpc) is 3.30. The van der Waals surface area contributed by atoms with Gasteiger partial charge in [-0.25, -0.2) is 4.79 Å². The van der Waals surface area contributed by atoms with Crippen LogP contribution in [-0.2, 0) is 11.4 Å². The Balaban J connectivity index is 0.00000529. The Kier molecular flexibility index (Phi) is 14.4. The van der Waals surface area contributed by atoms with Crippen LogP contribution in [-0.4, -0.2) is 66.5 Å². The van der Waals surface area contributed by atoms with Gasteiger partial charge in [0.1, 0.15) is 18.4 Å². The van der Waals surface area contributed by atoms with Gasteiger partial charge in [0.05, 0.1) is 0 Å². The van der Waals surface area contributed by atoms with Crippen molar-refractivity contribution in [3.63, 3.8) is 0 Å².